The van der Waals surface area contributed by atoms with E-state index in [-0.39, 0.29) is 5.91 Å². The number of carbonyl (C=O) groups excluding carboxylic acids is 1. The standard InChI is InChI=1S/C21H32N4O/c1-23-12-5-17(6-13-23)18-7-14-24(15-8-18)20-16-19(4-9-22-20)21(26)25-10-2-3-11-25/h4,9,16-18H,2-3,5-8,10-15H2,1H3. The van der Waals surface area contributed by atoms with Crippen molar-refractivity contribution in [3.05, 3.63) is 23.9 Å². The van der Waals surface area contributed by atoms with Gasteiger partial charge in [-0.1, -0.05) is 0 Å². The molecular weight excluding hydrogens is 324 g/mol. The fourth-order valence-electron chi connectivity index (χ4n) is 4.93. The molecule has 5 heteroatoms. The third-order valence-corrected chi connectivity index (χ3v) is 6.68. The second-order valence-electron chi connectivity index (χ2n) is 8.37. The first-order chi connectivity index (χ1) is 12.7. The maximum absolute atomic E-state index is 12.6. The second-order valence-corrected chi connectivity index (χ2v) is 8.37. The number of carbonyl (C=O) groups is 1. The summed E-state index contributed by atoms with van der Waals surface area (Å²) in [4.78, 5) is 24.0. The molecule has 0 atom stereocenters. The molecule has 4 rings (SSSR count). The summed E-state index contributed by atoms with van der Waals surface area (Å²) < 4.78 is 0. The van der Waals surface area contributed by atoms with Crippen molar-refractivity contribution in [3.8, 4) is 0 Å². The molecule has 1 aromatic rings. The molecule has 0 bridgehead atoms. The third-order valence-electron chi connectivity index (χ3n) is 6.68. The van der Waals surface area contributed by atoms with Gasteiger partial charge in [-0.2, -0.15) is 0 Å². The zero-order chi connectivity index (χ0) is 17.9. The fraction of sp³-hybridized carbons (Fsp3) is 0.714. The Hall–Kier alpha value is -1.62. The minimum atomic E-state index is 0.173. The average Bonchev–Trinajstić information content (AvgIpc) is 3.23. The number of nitrogens with zero attached hydrogens (tertiary/aromatic N) is 4. The number of hydrogen-bond acceptors (Lipinski definition) is 4. The van der Waals surface area contributed by atoms with Gasteiger partial charge in [-0.3, -0.25) is 4.79 Å². The van der Waals surface area contributed by atoms with E-state index in [0.717, 1.165) is 62.2 Å². The molecule has 3 aliphatic heterocycles. The number of likely N-dealkylation sites (tertiary alicyclic amines) is 2. The summed E-state index contributed by atoms with van der Waals surface area (Å²) in [5.41, 5.74) is 0.800. The highest BCUT2D eigenvalue weighted by molar-refractivity contribution is 5.95. The van der Waals surface area contributed by atoms with Crippen molar-refractivity contribution >= 4 is 11.7 Å². The Bertz CT molecular complexity index is 612. The molecule has 0 aromatic carbocycles. The van der Waals surface area contributed by atoms with Gasteiger partial charge in [0.25, 0.3) is 5.91 Å². The van der Waals surface area contributed by atoms with Crippen LogP contribution in [-0.2, 0) is 0 Å². The first-order valence-electron chi connectivity index (χ1n) is 10.4. The van der Waals surface area contributed by atoms with Crippen molar-refractivity contribution in [2.45, 2.75) is 38.5 Å². The lowest BCUT2D eigenvalue weighted by atomic mass is 9.79. The summed E-state index contributed by atoms with van der Waals surface area (Å²) in [5.74, 6) is 2.93. The molecule has 0 saturated carbocycles. The molecule has 4 heterocycles. The van der Waals surface area contributed by atoms with Crippen molar-refractivity contribution in [3.63, 3.8) is 0 Å². The lowest BCUT2D eigenvalue weighted by Crippen LogP contribution is -2.40. The monoisotopic (exact) mass is 356 g/mol. The Balaban J connectivity index is 1.35. The maximum Gasteiger partial charge on any atom is 0.254 e. The summed E-state index contributed by atoms with van der Waals surface area (Å²) in [7, 11) is 2.24. The van der Waals surface area contributed by atoms with Gasteiger partial charge >= 0.3 is 0 Å². The highest BCUT2D eigenvalue weighted by Gasteiger charge is 2.29. The molecule has 0 radical (unpaired) electrons. The lowest BCUT2D eigenvalue weighted by molar-refractivity contribution is 0.0792. The van der Waals surface area contributed by atoms with Crippen molar-refractivity contribution < 1.29 is 4.79 Å². The van der Waals surface area contributed by atoms with Crippen LogP contribution >= 0.6 is 0 Å². The van der Waals surface area contributed by atoms with E-state index >= 15 is 0 Å². The van der Waals surface area contributed by atoms with E-state index in [9.17, 15) is 4.79 Å². The maximum atomic E-state index is 12.6. The number of anilines is 1. The van der Waals surface area contributed by atoms with Gasteiger partial charge in [0.2, 0.25) is 0 Å². The molecule has 0 N–H and O–H groups in total. The smallest absolute Gasteiger partial charge is 0.254 e. The van der Waals surface area contributed by atoms with Gasteiger partial charge in [-0.25, -0.2) is 4.98 Å². The van der Waals surface area contributed by atoms with Crippen LogP contribution in [0.5, 0.6) is 0 Å². The number of rotatable bonds is 3. The average molecular weight is 357 g/mol. The zero-order valence-electron chi connectivity index (χ0n) is 16.1. The highest BCUT2D eigenvalue weighted by Crippen LogP contribution is 2.33. The van der Waals surface area contributed by atoms with E-state index in [0.29, 0.717) is 0 Å². The summed E-state index contributed by atoms with van der Waals surface area (Å²) in [6, 6.07) is 3.88. The molecule has 1 amide bonds. The molecule has 5 nitrogen and oxygen atoms in total. The largest absolute Gasteiger partial charge is 0.357 e. The van der Waals surface area contributed by atoms with Crippen LogP contribution in [0.3, 0.4) is 0 Å². The van der Waals surface area contributed by atoms with Gasteiger partial charge in [0.05, 0.1) is 0 Å². The van der Waals surface area contributed by atoms with Crippen LogP contribution in [0.2, 0.25) is 0 Å². The number of hydrogen-bond donors (Lipinski definition) is 0. The Labute approximate surface area is 157 Å². The van der Waals surface area contributed by atoms with Crippen LogP contribution in [-0.4, -0.2) is 67.0 Å². The Morgan fingerprint density at radius 3 is 2.23 bits per heavy atom. The Morgan fingerprint density at radius 1 is 0.962 bits per heavy atom. The molecular formula is C21H32N4O. The number of piperidine rings is 2. The summed E-state index contributed by atoms with van der Waals surface area (Å²) in [6.45, 7) is 6.47. The van der Waals surface area contributed by atoms with Gasteiger partial charge in [0.1, 0.15) is 5.82 Å². The van der Waals surface area contributed by atoms with Gasteiger partial charge in [0, 0.05) is 37.9 Å². The van der Waals surface area contributed by atoms with Crippen LogP contribution in [0.15, 0.2) is 18.3 Å². The van der Waals surface area contributed by atoms with E-state index in [2.05, 4.69) is 21.8 Å². The van der Waals surface area contributed by atoms with Gasteiger partial charge in [0.15, 0.2) is 0 Å². The van der Waals surface area contributed by atoms with Crippen molar-refractivity contribution in [1.82, 2.24) is 14.8 Å². The quantitative estimate of drug-likeness (QED) is 0.835. The first kappa shape index (κ1) is 17.8. The van der Waals surface area contributed by atoms with Gasteiger partial charge < -0.3 is 14.7 Å². The van der Waals surface area contributed by atoms with Crippen LogP contribution in [0.25, 0.3) is 0 Å². The number of amides is 1. The predicted molar refractivity (Wildman–Crippen MR) is 105 cm³/mol. The van der Waals surface area contributed by atoms with E-state index in [1.54, 1.807) is 0 Å². The van der Waals surface area contributed by atoms with Crippen LogP contribution in [0, 0.1) is 11.8 Å². The molecule has 0 unspecified atom stereocenters. The van der Waals surface area contributed by atoms with E-state index in [4.69, 9.17) is 0 Å². The topological polar surface area (TPSA) is 39.7 Å². The molecule has 0 aliphatic carbocycles. The molecule has 0 spiro atoms. The molecule has 3 fully saturated rings. The lowest BCUT2D eigenvalue weighted by Gasteiger charge is -2.39. The van der Waals surface area contributed by atoms with Crippen LogP contribution in [0.4, 0.5) is 5.82 Å². The minimum Gasteiger partial charge on any atom is -0.357 e. The Kier molecular flexibility index (Phi) is 5.44. The fourth-order valence-corrected chi connectivity index (χ4v) is 4.93. The molecule has 26 heavy (non-hydrogen) atoms. The van der Waals surface area contributed by atoms with E-state index < -0.39 is 0 Å². The molecule has 3 aliphatic rings. The normalized spacial score (nSPS) is 23.6. The Morgan fingerprint density at radius 2 is 1.58 bits per heavy atom. The number of aromatic nitrogens is 1. The van der Waals surface area contributed by atoms with Gasteiger partial charge in [-0.15, -0.1) is 0 Å². The van der Waals surface area contributed by atoms with Crippen LogP contribution < -0.4 is 4.90 Å². The second kappa shape index (κ2) is 7.95. The zero-order valence-corrected chi connectivity index (χ0v) is 16.1. The highest BCUT2D eigenvalue weighted by atomic mass is 16.2. The summed E-state index contributed by atoms with van der Waals surface area (Å²) in [6.07, 6.45) is 9.32. The molecule has 1 aromatic heterocycles. The SMILES string of the molecule is CN1CCC(C2CCN(c3cc(C(=O)N4CCCC4)ccn3)CC2)CC1. The first-order valence-corrected chi connectivity index (χ1v) is 10.4. The van der Waals surface area contributed by atoms with Crippen LogP contribution in [0.1, 0.15) is 48.9 Å². The van der Waals surface area contributed by atoms with Crippen molar-refractivity contribution in [2.75, 3.05) is 51.2 Å². The summed E-state index contributed by atoms with van der Waals surface area (Å²) >= 11 is 0. The minimum absolute atomic E-state index is 0.173. The van der Waals surface area contributed by atoms with E-state index in [1.165, 1.54) is 38.8 Å². The van der Waals surface area contributed by atoms with E-state index in [1.807, 2.05) is 23.2 Å². The number of pyridine rings is 1. The van der Waals surface area contributed by atoms with Crippen molar-refractivity contribution in [1.29, 1.82) is 0 Å². The predicted octanol–water partition coefficient (Wildman–Crippen LogP) is 2.88. The third kappa shape index (κ3) is 3.88. The van der Waals surface area contributed by atoms with Crippen molar-refractivity contribution in [2.24, 2.45) is 11.8 Å². The molecule has 142 valence electrons. The summed E-state index contributed by atoms with van der Waals surface area (Å²) in [5, 5.41) is 0. The van der Waals surface area contributed by atoms with Gasteiger partial charge in [-0.05, 0) is 82.6 Å². The molecule has 3 saturated heterocycles.